The smallest absolute Gasteiger partial charge is 0.354 e. The van der Waals surface area contributed by atoms with E-state index in [9.17, 15) is 9.59 Å². The van der Waals surface area contributed by atoms with Crippen LogP contribution in [-0.2, 0) is 4.79 Å². The lowest BCUT2D eigenvalue weighted by molar-refractivity contribution is -0.121. The molecule has 1 rings (SSSR count). The fraction of sp³-hybridized carbons (Fsp3) is 0.300. The Morgan fingerprint density at radius 2 is 2.00 bits per heavy atom. The second-order valence-electron chi connectivity index (χ2n) is 4.05. The van der Waals surface area contributed by atoms with Crippen LogP contribution in [0.4, 0.5) is 11.5 Å². The highest BCUT2D eigenvalue weighted by Gasteiger charge is 2.26. The molecule has 0 atom stereocenters. The number of hydrogen-bond donors (Lipinski definition) is 4. The third-order valence-electron chi connectivity index (χ3n) is 2.19. The highest BCUT2D eigenvalue weighted by Crippen LogP contribution is 2.20. The van der Waals surface area contributed by atoms with Crippen molar-refractivity contribution >= 4 is 23.4 Å². The van der Waals surface area contributed by atoms with E-state index in [0.717, 1.165) is 0 Å². The molecule has 0 aliphatic heterocycles. The van der Waals surface area contributed by atoms with E-state index in [-0.39, 0.29) is 17.2 Å². The summed E-state index contributed by atoms with van der Waals surface area (Å²) in [5.41, 5.74) is 9.81. The van der Waals surface area contributed by atoms with Gasteiger partial charge in [0.1, 0.15) is 5.54 Å². The van der Waals surface area contributed by atoms with Crippen LogP contribution in [0.15, 0.2) is 12.1 Å². The number of amides is 1. The van der Waals surface area contributed by atoms with Crippen molar-refractivity contribution in [3.05, 3.63) is 17.8 Å². The summed E-state index contributed by atoms with van der Waals surface area (Å²) in [4.78, 5) is 25.7. The van der Waals surface area contributed by atoms with Gasteiger partial charge in [0, 0.05) is 0 Å². The molecule has 0 fully saturated rings. The number of nitrogen functional groups attached to an aromatic ring is 1. The molecule has 92 valence electrons. The van der Waals surface area contributed by atoms with Crippen molar-refractivity contribution in [3.8, 4) is 0 Å². The van der Waals surface area contributed by atoms with Crippen molar-refractivity contribution in [1.82, 2.24) is 4.98 Å². The summed E-state index contributed by atoms with van der Waals surface area (Å²) in [5, 5.41) is 11.5. The van der Waals surface area contributed by atoms with Crippen molar-refractivity contribution in [2.24, 2.45) is 5.73 Å². The molecule has 1 aromatic rings. The third kappa shape index (κ3) is 2.83. The number of nitrogens with two attached hydrogens (primary N) is 2. The molecule has 1 amide bonds. The Balaban J connectivity index is 3.10. The number of carboxylic acids is 1. The molecule has 0 bridgehead atoms. The van der Waals surface area contributed by atoms with Gasteiger partial charge in [-0.25, -0.2) is 9.78 Å². The van der Waals surface area contributed by atoms with Crippen LogP contribution in [0, 0.1) is 0 Å². The lowest BCUT2D eigenvalue weighted by Crippen LogP contribution is -2.45. The minimum atomic E-state index is -1.18. The normalized spacial score (nSPS) is 10.9. The SMILES string of the molecule is CC(C)(Nc1nc(C(=O)O)ccc1N)C(N)=O. The number of hydrogen-bond acceptors (Lipinski definition) is 5. The summed E-state index contributed by atoms with van der Waals surface area (Å²) in [6, 6.07) is 2.68. The van der Waals surface area contributed by atoms with Crippen LogP contribution in [-0.4, -0.2) is 27.5 Å². The Kier molecular flexibility index (Phi) is 3.21. The number of aromatic carboxylic acids is 1. The predicted molar refractivity (Wildman–Crippen MR) is 62.5 cm³/mol. The van der Waals surface area contributed by atoms with E-state index in [4.69, 9.17) is 16.6 Å². The van der Waals surface area contributed by atoms with Crippen LogP contribution < -0.4 is 16.8 Å². The highest BCUT2D eigenvalue weighted by molar-refractivity contribution is 5.89. The van der Waals surface area contributed by atoms with Crippen LogP contribution in [0.1, 0.15) is 24.3 Å². The van der Waals surface area contributed by atoms with E-state index in [1.165, 1.54) is 12.1 Å². The lowest BCUT2D eigenvalue weighted by Gasteiger charge is -2.23. The minimum absolute atomic E-state index is 0.119. The van der Waals surface area contributed by atoms with Crippen LogP contribution in [0.3, 0.4) is 0 Å². The van der Waals surface area contributed by atoms with Gasteiger partial charge in [0.25, 0.3) is 0 Å². The Bertz CT molecular complexity index is 471. The van der Waals surface area contributed by atoms with Crippen LogP contribution >= 0.6 is 0 Å². The third-order valence-corrected chi connectivity index (χ3v) is 2.19. The standard InChI is InChI=1S/C10H14N4O3/c1-10(2,9(12)17)14-7-5(11)3-4-6(13-7)8(15)16/h3-4H,11H2,1-2H3,(H2,12,17)(H,13,14)(H,15,16). The van der Waals surface area contributed by atoms with Gasteiger partial charge in [-0.3, -0.25) is 4.79 Å². The summed E-state index contributed by atoms with van der Waals surface area (Å²) in [6.45, 7) is 3.09. The maximum atomic E-state index is 11.1. The Labute approximate surface area is 97.8 Å². The molecule has 7 heteroatoms. The number of nitrogens with zero attached hydrogens (tertiary/aromatic N) is 1. The first-order chi connectivity index (χ1) is 7.74. The summed E-state index contributed by atoms with van der Waals surface area (Å²) >= 11 is 0. The molecule has 0 unspecified atom stereocenters. The van der Waals surface area contributed by atoms with Gasteiger partial charge in [0.05, 0.1) is 5.69 Å². The van der Waals surface area contributed by atoms with Crippen molar-refractivity contribution in [1.29, 1.82) is 0 Å². The Morgan fingerprint density at radius 3 is 2.47 bits per heavy atom. The average molecular weight is 238 g/mol. The molecule has 0 aromatic carbocycles. The van der Waals surface area contributed by atoms with Crippen LogP contribution in [0.25, 0.3) is 0 Å². The van der Waals surface area contributed by atoms with Gasteiger partial charge in [-0.1, -0.05) is 0 Å². The van der Waals surface area contributed by atoms with Gasteiger partial charge in [0.15, 0.2) is 11.5 Å². The first-order valence-electron chi connectivity index (χ1n) is 4.82. The van der Waals surface area contributed by atoms with Gasteiger partial charge in [-0.05, 0) is 26.0 Å². The summed E-state index contributed by atoms with van der Waals surface area (Å²) in [7, 11) is 0. The van der Waals surface area contributed by atoms with E-state index in [0.29, 0.717) is 0 Å². The van der Waals surface area contributed by atoms with E-state index >= 15 is 0 Å². The molecule has 0 spiro atoms. The van der Waals surface area contributed by atoms with Gasteiger partial charge in [-0.15, -0.1) is 0 Å². The Morgan fingerprint density at radius 1 is 1.41 bits per heavy atom. The molecule has 0 radical (unpaired) electrons. The zero-order valence-electron chi connectivity index (χ0n) is 9.52. The molecule has 17 heavy (non-hydrogen) atoms. The van der Waals surface area contributed by atoms with Crippen molar-refractivity contribution < 1.29 is 14.7 Å². The predicted octanol–water partition coefficient (Wildman–Crippen LogP) is 0.0378. The average Bonchev–Trinajstić information content (AvgIpc) is 2.20. The minimum Gasteiger partial charge on any atom is -0.477 e. The first-order valence-corrected chi connectivity index (χ1v) is 4.82. The second-order valence-corrected chi connectivity index (χ2v) is 4.05. The van der Waals surface area contributed by atoms with E-state index in [1.54, 1.807) is 13.8 Å². The molecule has 1 aromatic heterocycles. The first kappa shape index (κ1) is 12.8. The van der Waals surface area contributed by atoms with E-state index in [2.05, 4.69) is 10.3 Å². The van der Waals surface area contributed by atoms with Gasteiger partial charge < -0.3 is 21.9 Å². The molecule has 1 heterocycles. The van der Waals surface area contributed by atoms with E-state index < -0.39 is 17.4 Å². The molecular formula is C10H14N4O3. The molecular weight excluding hydrogens is 224 g/mol. The molecule has 0 saturated heterocycles. The lowest BCUT2D eigenvalue weighted by atomic mass is 10.1. The number of carbonyl (C=O) groups is 2. The number of carbonyl (C=O) groups excluding carboxylic acids is 1. The zero-order chi connectivity index (χ0) is 13.2. The number of aromatic nitrogens is 1. The zero-order valence-corrected chi connectivity index (χ0v) is 9.52. The quantitative estimate of drug-likeness (QED) is 0.585. The topological polar surface area (TPSA) is 131 Å². The fourth-order valence-corrected chi connectivity index (χ4v) is 1.05. The maximum absolute atomic E-state index is 11.1. The fourth-order valence-electron chi connectivity index (χ4n) is 1.05. The largest absolute Gasteiger partial charge is 0.477 e. The van der Waals surface area contributed by atoms with Crippen LogP contribution in [0.5, 0.6) is 0 Å². The van der Waals surface area contributed by atoms with Crippen molar-refractivity contribution in [2.45, 2.75) is 19.4 Å². The van der Waals surface area contributed by atoms with Gasteiger partial charge >= 0.3 is 5.97 Å². The number of anilines is 2. The summed E-state index contributed by atoms with van der Waals surface area (Å²) in [6.07, 6.45) is 0. The molecule has 0 aliphatic rings. The molecule has 0 saturated carbocycles. The summed E-state index contributed by atoms with van der Waals surface area (Å²) < 4.78 is 0. The van der Waals surface area contributed by atoms with E-state index in [1.807, 2.05) is 0 Å². The second kappa shape index (κ2) is 4.28. The number of pyridine rings is 1. The maximum Gasteiger partial charge on any atom is 0.354 e. The molecule has 7 nitrogen and oxygen atoms in total. The van der Waals surface area contributed by atoms with Crippen molar-refractivity contribution in [3.63, 3.8) is 0 Å². The number of carboxylic acid groups (broad SMARTS) is 1. The molecule has 6 N–H and O–H groups in total. The number of nitrogens with one attached hydrogen (secondary N) is 1. The monoisotopic (exact) mass is 238 g/mol. The van der Waals surface area contributed by atoms with Crippen molar-refractivity contribution in [2.75, 3.05) is 11.1 Å². The van der Waals surface area contributed by atoms with Gasteiger partial charge in [0.2, 0.25) is 5.91 Å². The highest BCUT2D eigenvalue weighted by atomic mass is 16.4. The Hall–Kier alpha value is -2.31. The molecule has 0 aliphatic carbocycles. The van der Waals surface area contributed by atoms with Gasteiger partial charge in [-0.2, -0.15) is 0 Å². The summed E-state index contributed by atoms with van der Waals surface area (Å²) in [5.74, 6) is -1.65. The van der Waals surface area contributed by atoms with Crippen LogP contribution in [0.2, 0.25) is 0 Å². The number of primary amides is 1. The number of rotatable bonds is 4.